The van der Waals surface area contributed by atoms with Crippen LogP contribution in [-0.4, -0.2) is 16.3 Å². The molecule has 0 fully saturated rings. The van der Waals surface area contributed by atoms with Crippen LogP contribution in [0.15, 0.2) is 40.3 Å². The van der Waals surface area contributed by atoms with Gasteiger partial charge in [0.05, 0.1) is 5.69 Å². The van der Waals surface area contributed by atoms with E-state index in [9.17, 15) is 13.2 Å². The Labute approximate surface area is 146 Å². The third kappa shape index (κ3) is 3.94. The summed E-state index contributed by atoms with van der Waals surface area (Å²) >= 11 is 1.43. The Bertz CT molecular complexity index is 870. The maximum atomic E-state index is 12.3. The van der Waals surface area contributed by atoms with Crippen LogP contribution in [0.5, 0.6) is 5.75 Å². The number of thioether (sulfide) groups is 1. The zero-order valence-electron chi connectivity index (χ0n) is 13.1. The number of nitriles is 1. The lowest BCUT2D eigenvalue weighted by Crippen LogP contribution is -2.17. The summed E-state index contributed by atoms with van der Waals surface area (Å²) in [7, 11) is 0. The molecule has 1 aliphatic heterocycles. The van der Waals surface area contributed by atoms with Crippen LogP contribution < -0.4 is 4.74 Å². The number of halogens is 3. The fourth-order valence-electron chi connectivity index (χ4n) is 2.44. The van der Waals surface area contributed by atoms with Gasteiger partial charge in [0.2, 0.25) is 5.82 Å². The number of alkyl halides is 3. The molecule has 0 bridgehead atoms. The van der Waals surface area contributed by atoms with Gasteiger partial charge in [0.1, 0.15) is 16.8 Å². The van der Waals surface area contributed by atoms with E-state index in [4.69, 9.17) is 5.26 Å². The monoisotopic (exact) mass is 363 g/mol. The molecule has 4 nitrogen and oxygen atoms in total. The fraction of sp³-hybridized carbons (Fsp3) is 0.235. The molecule has 25 heavy (non-hydrogen) atoms. The molecule has 0 N–H and O–H groups in total. The van der Waals surface area contributed by atoms with Crippen molar-refractivity contribution in [2.24, 2.45) is 0 Å². The van der Waals surface area contributed by atoms with E-state index in [0.717, 1.165) is 12.0 Å². The number of nitrogens with zero attached hydrogens (tertiary/aromatic N) is 3. The number of benzene rings is 1. The molecular formula is C17H12F3N3OS. The lowest BCUT2D eigenvalue weighted by atomic mass is 10.00. The molecule has 0 saturated heterocycles. The Hall–Kier alpha value is -2.53. The number of rotatable bonds is 3. The number of aromatic nitrogens is 2. The van der Waals surface area contributed by atoms with Gasteiger partial charge in [0.15, 0.2) is 0 Å². The van der Waals surface area contributed by atoms with Crippen molar-refractivity contribution in [2.75, 3.05) is 0 Å². The van der Waals surface area contributed by atoms with Gasteiger partial charge < -0.3 is 4.74 Å². The smallest absolute Gasteiger partial charge is 0.406 e. The first kappa shape index (κ1) is 17.3. The highest BCUT2D eigenvalue weighted by Gasteiger charge is 2.31. The summed E-state index contributed by atoms with van der Waals surface area (Å²) in [4.78, 5) is 8.50. The Kier molecular flexibility index (Phi) is 4.68. The highest BCUT2D eigenvalue weighted by atomic mass is 32.2. The van der Waals surface area contributed by atoms with E-state index in [2.05, 4.69) is 14.7 Å². The number of fused-ring (bicyclic) bond motifs is 1. The fourth-order valence-corrected chi connectivity index (χ4v) is 3.42. The standard InChI is InChI=1S/C17H12F3N3OS/c1-2-10-7-13-15(22-14(8-21)23-16(13)25-9-10)11-3-5-12(6-4-11)24-17(18,19)20/h3-6,9H,2,7H2,1H3. The van der Waals surface area contributed by atoms with Gasteiger partial charge >= 0.3 is 6.36 Å². The van der Waals surface area contributed by atoms with E-state index in [1.165, 1.54) is 41.6 Å². The zero-order chi connectivity index (χ0) is 18.0. The molecule has 0 aliphatic carbocycles. The van der Waals surface area contributed by atoms with Gasteiger partial charge in [-0.05, 0) is 42.5 Å². The van der Waals surface area contributed by atoms with E-state index in [0.29, 0.717) is 22.7 Å². The summed E-state index contributed by atoms with van der Waals surface area (Å²) < 4.78 is 40.7. The second-order valence-corrected chi connectivity index (χ2v) is 6.15. The minimum Gasteiger partial charge on any atom is -0.406 e. The van der Waals surface area contributed by atoms with E-state index < -0.39 is 6.36 Å². The minimum absolute atomic E-state index is 0.0326. The highest BCUT2D eigenvalue weighted by Crippen LogP contribution is 2.37. The van der Waals surface area contributed by atoms with Crippen LogP contribution in [0.1, 0.15) is 24.7 Å². The van der Waals surface area contributed by atoms with Crippen molar-refractivity contribution in [3.63, 3.8) is 0 Å². The van der Waals surface area contributed by atoms with Gasteiger partial charge in [0.25, 0.3) is 0 Å². The third-order valence-corrected chi connectivity index (χ3v) is 4.64. The first-order valence-electron chi connectivity index (χ1n) is 7.41. The first-order chi connectivity index (χ1) is 11.9. The summed E-state index contributed by atoms with van der Waals surface area (Å²) in [6.07, 6.45) is -3.20. The molecule has 0 radical (unpaired) electrons. The maximum absolute atomic E-state index is 12.3. The van der Waals surface area contributed by atoms with E-state index in [1.54, 1.807) is 0 Å². The largest absolute Gasteiger partial charge is 0.573 e. The van der Waals surface area contributed by atoms with Crippen molar-refractivity contribution in [1.29, 1.82) is 5.26 Å². The van der Waals surface area contributed by atoms with Gasteiger partial charge in [-0.1, -0.05) is 24.3 Å². The van der Waals surface area contributed by atoms with Crippen LogP contribution in [0.4, 0.5) is 13.2 Å². The van der Waals surface area contributed by atoms with Crippen molar-refractivity contribution in [3.8, 4) is 23.1 Å². The molecule has 0 atom stereocenters. The molecule has 1 aromatic heterocycles. The molecule has 1 aromatic carbocycles. The predicted octanol–water partition coefficient (Wildman–Crippen LogP) is 4.86. The molecule has 2 heterocycles. The number of hydrogen-bond donors (Lipinski definition) is 0. The molecule has 0 amide bonds. The summed E-state index contributed by atoms with van der Waals surface area (Å²) in [6.45, 7) is 2.05. The van der Waals surface area contributed by atoms with Crippen LogP contribution in [0, 0.1) is 11.3 Å². The summed E-state index contributed by atoms with van der Waals surface area (Å²) in [5, 5.41) is 11.9. The quantitative estimate of drug-likeness (QED) is 0.729. The molecule has 0 unspecified atom stereocenters. The summed E-state index contributed by atoms with van der Waals surface area (Å²) in [5.74, 6) is -0.270. The van der Waals surface area contributed by atoms with Gasteiger partial charge in [0, 0.05) is 11.1 Å². The highest BCUT2D eigenvalue weighted by molar-refractivity contribution is 8.02. The lowest BCUT2D eigenvalue weighted by Gasteiger charge is -2.18. The Morgan fingerprint density at radius 2 is 1.96 bits per heavy atom. The van der Waals surface area contributed by atoms with Crippen LogP contribution >= 0.6 is 11.8 Å². The average molecular weight is 363 g/mol. The van der Waals surface area contributed by atoms with Crippen LogP contribution in [0.2, 0.25) is 0 Å². The topological polar surface area (TPSA) is 58.8 Å². The second kappa shape index (κ2) is 6.76. The van der Waals surface area contributed by atoms with Gasteiger partial charge in [-0.2, -0.15) is 5.26 Å². The van der Waals surface area contributed by atoms with E-state index in [1.807, 2.05) is 18.4 Å². The molecule has 8 heteroatoms. The first-order valence-corrected chi connectivity index (χ1v) is 8.29. The zero-order valence-corrected chi connectivity index (χ0v) is 13.9. The number of ether oxygens (including phenoxy) is 1. The molecule has 0 saturated carbocycles. The van der Waals surface area contributed by atoms with E-state index >= 15 is 0 Å². The van der Waals surface area contributed by atoms with Crippen molar-refractivity contribution < 1.29 is 17.9 Å². The van der Waals surface area contributed by atoms with Gasteiger partial charge in [-0.25, -0.2) is 9.97 Å². The van der Waals surface area contributed by atoms with Gasteiger partial charge in [-0.3, -0.25) is 0 Å². The van der Waals surface area contributed by atoms with Crippen LogP contribution in [0.25, 0.3) is 11.3 Å². The molecule has 3 rings (SSSR count). The molecule has 1 aliphatic rings. The minimum atomic E-state index is -4.74. The molecular weight excluding hydrogens is 351 g/mol. The van der Waals surface area contributed by atoms with Crippen LogP contribution in [-0.2, 0) is 6.42 Å². The maximum Gasteiger partial charge on any atom is 0.573 e. The van der Waals surface area contributed by atoms with Crippen molar-refractivity contribution >= 4 is 11.8 Å². The summed E-state index contributed by atoms with van der Waals surface area (Å²) in [5.41, 5.74) is 3.27. The average Bonchev–Trinajstić information content (AvgIpc) is 2.59. The predicted molar refractivity (Wildman–Crippen MR) is 86.8 cm³/mol. The van der Waals surface area contributed by atoms with Crippen molar-refractivity contribution in [3.05, 3.63) is 46.6 Å². The Morgan fingerprint density at radius 1 is 1.24 bits per heavy atom. The Balaban J connectivity index is 2.01. The van der Waals surface area contributed by atoms with Crippen molar-refractivity contribution in [1.82, 2.24) is 9.97 Å². The Morgan fingerprint density at radius 3 is 2.56 bits per heavy atom. The third-order valence-electron chi connectivity index (χ3n) is 3.63. The number of allylic oxidation sites excluding steroid dienone is 1. The van der Waals surface area contributed by atoms with Gasteiger partial charge in [-0.15, -0.1) is 13.2 Å². The van der Waals surface area contributed by atoms with Crippen molar-refractivity contribution in [2.45, 2.75) is 31.2 Å². The van der Waals surface area contributed by atoms with Crippen LogP contribution in [0.3, 0.4) is 0 Å². The molecule has 128 valence electrons. The summed E-state index contributed by atoms with van der Waals surface area (Å²) in [6, 6.07) is 7.39. The normalized spacial score (nSPS) is 13.6. The SMILES string of the molecule is CCC1=CSc2nc(C#N)nc(-c3ccc(OC(F)(F)F)cc3)c2C1. The molecule has 2 aromatic rings. The second-order valence-electron chi connectivity index (χ2n) is 5.29. The number of hydrogen-bond acceptors (Lipinski definition) is 5. The van der Waals surface area contributed by atoms with E-state index in [-0.39, 0.29) is 11.6 Å². The lowest BCUT2D eigenvalue weighted by molar-refractivity contribution is -0.274. The molecule has 0 spiro atoms.